The summed E-state index contributed by atoms with van der Waals surface area (Å²) in [4.78, 5) is 0. The average Bonchev–Trinajstić information content (AvgIpc) is 2.58. The van der Waals surface area contributed by atoms with Gasteiger partial charge in [0.15, 0.2) is 0 Å². The van der Waals surface area contributed by atoms with E-state index in [1.807, 2.05) is 13.8 Å². The normalized spacial score (nSPS) is 18.3. The van der Waals surface area contributed by atoms with Gasteiger partial charge in [-0.3, -0.25) is 5.43 Å². The van der Waals surface area contributed by atoms with E-state index in [2.05, 4.69) is 15.6 Å². The van der Waals surface area contributed by atoms with Crippen molar-refractivity contribution >= 4 is 0 Å². The van der Waals surface area contributed by atoms with Crippen LogP contribution in [-0.4, -0.2) is 36.5 Å². The number of aryl methyl sites for hydroxylation is 2. The summed E-state index contributed by atoms with van der Waals surface area (Å²) in [6, 6.07) is 0. The molecule has 1 N–H and O–H groups in total. The summed E-state index contributed by atoms with van der Waals surface area (Å²) in [5, 5.41) is 6.10. The zero-order chi connectivity index (χ0) is 10.7. The lowest BCUT2D eigenvalue weighted by Crippen LogP contribution is -2.45. The third-order valence-corrected chi connectivity index (χ3v) is 2.67. The van der Waals surface area contributed by atoms with Gasteiger partial charge in [-0.2, -0.15) is 0 Å². The van der Waals surface area contributed by atoms with Crippen LogP contribution in [0.4, 0.5) is 0 Å². The van der Waals surface area contributed by atoms with Gasteiger partial charge in [-0.05, 0) is 13.8 Å². The number of aromatic nitrogens is 1. The highest BCUT2D eigenvalue weighted by Gasteiger charge is 2.12. The van der Waals surface area contributed by atoms with E-state index in [0.29, 0.717) is 0 Å². The molecule has 5 heteroatoms. The first kappa shape index (κ1) is 10.6. The predicted molar refractivity (Wildman–Crippen MR) is 55.2 cm³/mol. The third kappa shape index (κ3) is 2.56. The molecule has 1 fully saturated rings. The summed E-state index contributed by atoms with van der Waals surface area (Å²) in [7, 11) is 0. The van der Waals surface area contributed by atoms with Gasteiger partial charge in [0.2, 0.25) is 0 Å². The van der Waals surface area contributed by atoms with E-state index in [4.69, 9.17) is 9.26 Å². The van der Waals surface area contributed by atoms with Crippen molar-refractivity contribution in [2.75, 3.05) is 26.3 Å². The molecule has 0 spiro atoms. The van der Waals surface area contributed by atoms with Crippen LogP contribution in [0.25, 0.3) is 0 Å². The average molecular weight is 211 g/mol. The lowest BCUT2D eigenvalue weighted by molar-refractivity contribution is 0.0105. The number of rotatable bonds is 3. The Hall–Kier alpha value is -0.910. The molecule has 2 heterocycles. The first-order valence-corrected chi connectivity index (χ1v) is 5.25. The van der Waals surface area contributed by atoms with Gasteiger partial charge in [0.1, 0.15) is 5.76 Å². The van der Waals surface area contributed by atoms with Crippen molar-refractivity contribution in [2.24, 2.45) is 0 Å². The van der Waals surface area contributed by atoms with E-state index in [-0.39, 0.29) is 0 Å². The number of ether oxygens (including phenoxy) is 1. The second-order valence-electron chi connectivity index (χ2n) is 3.74. The van der Waals surface area contributed by atoms with Gasteiger partial charge < -0.3 is 9.26 Å². The molecule has 0 aromatic carbocycles. The second-order valence-corrected chi connectivity index (χ2v) is 3.74. The van der Waals surface area contributed by atoms with Gasteiger partial charge in [-0.15, -0.1) is 0 Å². The van der Waals surface area contributed by atoms with E-state index in [1.165, 1.54) is 0 Å². The molecule has 0 unspecified atom stereocenters. The minimum absolute atomic E-state index is 0.779. The summed E-state index contributed by atoms with van der Waals surface area (Å²) in [5.74, 6) is 0.897. The first-order valence-electron chi connectivity index (χ1n) is 5.25. The van der Waals surface area contributed by atoms with Crippen molar-refractivity contribution in [3.63, 3.8) is 0 Å². The Bertz CT molecular complexity index is 299. The summed E-state index contributed by atoms with van der Waals surface area (Å²) < 4.78 is 10.4. The van der Waals surface area contributed by atoms with E-state index < -0.39 is 0 Å². The van der Waals surface area contributed by atoms with Crippen molar-refractivity contribution in [2.45, 2.75) is 20.4 Å². The van der Waals surface area contributed by atoms with Crippen LogP contribution in [-0.2, 0) is 11.3 Å². The highest BCUT2D eigenvalue weighted by atomic mass is 16.5. The molecule has 0 atom stereocenters. The molecule has 1 aromatic rings. The van der Waals surface area contributed by atoms with Crippen LogP contribution in [0.3, 0.4) is 0 Å². The Balaban J connectivity index is 1.87. The molecule has 1 saturated heterocycles. The topological polar surface area (TPSA) is 50.5 Å². The van der Waals surface area contributed by atoms with E-state index in [1.54, 1.807) is 0 Å². The molecule has 5 nitrogen and oxygen atoms in total. The van der Waals surface area contributed by atoms with E-state index in [0.717, 1.165) is 49.9 Å². The smallest absolute Gasteiger partial charge is 0.138 e. The predicted octanol–water partition coefficient (Wildman–Crippen LogP) is 0.628. The zero-order valence-electron chi connectivity index (χ0n) is 9.25. The molecule has 0 bridgehead atoms. The second kappa shape index (κ2) is 4.74. The Morgan fingerprint density at radius 3 is 2.67 bits per heavy atom. The molecule has 0 amide bonds. The number of nitrogens with one attached hydrogen (secondary N) is 1. The van der Waals surface area contributed by atoms with Crippen LogP contribution in [0.1, 0.15) is 17.0 Å². The van der Waals surface area contributed by atoms with Gasteiger partial charge in [-0.1, -0.05) is 5.16 Å². The maximum absolute atomic E-state index is 5.27. The molecular weight excluding hydrogens is 194 g/mol. The Morgan fingerprint density at radius 2 is 2.07 bits per heavy atom. The summed E-state index contributed by atoms with van der Waals surface area (Å²) in [5.41, 5.74) is 5.48. The monoisotopic (exact) mass is 211 g/mol. The maximum Gasteiger partial charge on any atom is 0.138 e. The Morgan fingerprint density at radius 1 is 1.33 bits per heavy atom. The van der Waals surface area contributed by atoms with Crippen molar-refractivity contribution in [3.05, 3.63) is 17.0 Å². The Labute approximate surface area is 89.3 Å². The molecule has 0 aliphatic carbocycles. The minimum atomic E-state index is 0.779. The Kier molecular flexibility index (Phi) is 3.35. The molecule has 2 rings (SSSR count). The first-order chi connectivity index (χ1) is 7.27. The fourth-order valence-electron chi connectivity index (χ4n) is 1.67. The number of morpholine rings is 1. The number of hydrogen-bond donors (Lipinski definition) is 1. The highest BCUT2D eigenvalue weighted by molar-refractivity contribution is 5.20. The van der Waals surface area contributed by atoms with Crippen LogP contribution in [0.2, 0.25) is 0 Å². The zero-order valence-corrected chi connectivity index (χ0v) is 9.25. The van der Waals surface area contributed by atoms with Gasteiger partial charge in [0, 0.05) is 25.2 Å². The van der Waals surface area contributed by atoms with E-state index >= 15 is 0 Å². The van der Waals surface area contributed by atoms with Crippen LogP contribution >= 0.6 is 0 Å². The molecule has 0 radical (unpaired) electrons. The molecule has 1 aliphatic rings. The van der Waals surface area contributed by atoms with Crippen LogP contribution in [0, 0.1) is 13.8 Å². The minimum Gasteiger partial charge on any atom is -0.379 e. The lowest BCUT2D eigenvalue weighted by atomic mass is 10.2. The lowest BCUT2D eigenvalue weighted by Gasteiger charge is -2.27. The summed E-state index contributed by atoms with van der Waals surface area (Å²) in [6.07, 6.45) is 0. The molecule has 1 aromatic heterocycles. The largest absolute Gasteiger partial charge is 0.379 e. The van der Waals surface area contributed by atoms with Gasteiger partial charge in [-0.25, -0.2) is 5.01 Å². The van der Waals surface area contributed by atoms with Gasteiger partial charge in [0.05, 0.1) is 18.9 Å². The maximum atomic E-state index is 5.27. The number of nitrogens with zero attached hydrogens (tertiary/aromatic N) is 2. The molecule has 15 heavy (non-hydrogen) atoms. The standard InChI is InChI=1S/C10H17N3O2/c1-8-10(9(2)15-12-8)7-11-13-3-5-14-6-4-13/h11H,3-7H2,1-2H3. The summed E-state index contributed by atoms with van der Waals surface area (Å²) >= 11 is 0. The van der Waals surface area contributed by atoms with Gasteiger partial charge in [0.25, 0.3) is 0 Å². The van der Waals surface area contributed by atoms with Crippen LogP contribution in [0.5, 0.6) is 0 Å². The van der Waals surface area contributed by atoms with Crippen LogP contribution in [0.15, 0.2) is 4.52 Å². The SMILES string of the molecule is Cc1noc(C)c1CNN1CCOCC1. The quantitative estimate of drug-likeness (QED) is 0.794. The number of hydrogen-bond acceptors (Lipinski definition) is 5. The number of hydrazine groups is 1. The van der Waals surface area contributed by atoms with Crippen molar-refractivity contribution < 1.29 is 9.26 Å². The van der Waals surface area contributed by atoms with Crippen molar-refractivity contribution in [1.29, 1.82) is 0 Å². The highest BCUT2D eigenvalue weighted by Crippen LogP contribution is 2.11. The molecule has 1 aliphatic heterocycles. The molecular formula is C10H17N3O2. The third-order valence-electron chi connectivity index (χ3n) is 2.67. The fraction of sp³-hybridized carbons (Fsp3) is 0.700. The molecule has 84 valence electrons. The van der Waals surface area contributed by atoms with Crippen molar-refractivity contribution in [3.8, 4) is 0 Å². The van der Waals surface area contributed by atoms with Gasteiger partial charge >= 0.3 is 0 Å². The molecule has 0 saturated carbocycles. The fourth-order valence-corrected chi connectivity index (χ4v) is 1.67. The van der Waals surface area contributed by atoms with E-state index in [9.17, 15) is 0 Å². The summed E-state index contributed by atoms with van der Waals surface area (Å²) in [6.45, 7) is 8.15. The van der Waals surface area contributed by atoms with Crippen molar-refractivity contribution in [1.82, 2.24) is 15.6 Å². The van der Waals surface area contributed by atoms with Crippen LogP contribution < -0.4 is 5.43 Å².